The van der Waals surface area contributed by atoms with Crippen molar-refractivity contribution in [2.45, 2.75) is 0 Å². The van der Waals surface area contributed by atoms with Crippen LogP contribution in [0.3, 0.4) is 0 Å². The Kier molecular flexibility index (Phi) is 6.08. The second-order valence-electron chi connectivity index (χ2n) is 2.46. The summed E-state index contributed by atoms with van der Waals surface area (Å²) in [6.07, 6.45) is 2.58. The summed E-state index contributed by atoms with van der Waals surface area (Å²) in [5.74, 6) is 0. The first kappa shape index (κ1) is 13.4. The van der Waals surface area contributed by atoms with E-state index in [9.17, 15) is 8.42 Å². The minimum Gasteiger partial charge on any atom is -0.405 e. The summed E-state index contributed by atoms with van der Waals surface area (Å²) in [5, 5.41) is 0.752. The quantitative estimate of drug-likeness (QED) is 0.752. The van der Waals surface area contributed by atoms with Gasteiger partial charge in [0.2, 0.25) is 0 Å². The van der Waals surface area contributed by atoms with Gasteiger partial charge in [-0.05, 0) is 17.8 Å². The molecule has 0 radical (unpaired) electrons. The first-order valence-corrected chi connectivity index (χ1v) is 5.53. The highest BCUT2D eigenvalue weighted by atomic mass is 32.2. The molecule has 4 nitrogen and oxygen atoms in total. The van der Waals surface area contributed by atoms with Gasteiger partial charge in [-0.2, -0.15) is 8.42 Å². The fraction of sp³-hybridized carbons (Fsp3) is 0. The molecular weight excluding hydrogens is 214 g/mol. The Morgan fingerprint density at radius 3 is 2.13 bits per heavy atom. The third-order valence-electron chi connectivity index (χ3n) is 1.23. The van der Waals surface area contributed by atoms with E-state index in [0.717, 1.165) is 11.0 Å². The van der Waals surface area contributed by atoms with Crippen molar-refractivity contribution >= 4 is 16.2 Å². The Bertz CT molecular complexity index is 410. The average Bonchev–Trinajstić information content (AvgIpc) is 2.17. The molecule has 0 aliphatic heterocycles. The molecule has 0 bridgehead atoms. The molecule has 0 saturated carbocycles. The van der Waals surface area contributed by atoms with Gasteiger partial charge in [-0.1, -0.05) is 36.9 Å². The molecule has 1 aromatic carbocycles. The van der Waals surface area contributed by atoms with Gasteiger partial charge in [0.1, 0.15) is 0 Å². The zero-order valence-corrected chi connectivity index (χ0v) is 8.89. The maximum absolute atomic E-state index is 10.3. The lowest BCUT2D eigenvalue weighted by atomic mass is 10.2. The van der Waals surface area contributed by atoms with Crippen molar-refractivity contribution in [1.82, 2.24) is 0 Å². The number of hydrogen-bond donors (Lipinski definition) is 2. The van der Waals surface area contributed by atoms with Crippen LogP contribution in [0.1, 0.15) is 5.56 Å². The molecule has 0 fully saturated rings. The molecule has 1 rings (SSSR count). The van der Waals surface area contributed by atoms with Crippen LogP contribution in [0.15, 0.2) is 48.5 Å². The van der Waals surface area contributed by atoms with Crippen molar-refractivity contribution in [3.8, 4) is 0 Å². The van der Waals surface area contributed by atoms with Gasteiger partial charge in [-0.25, -0.2) is 0 Å². The van der Waals surface area contributed by atoms with Crippen LogP contribution in [0.5, 0.6) is 0 Å². The van der Waals surface area contributed by atoms with Crippen molar-refractivity contribution in [2.75, 3.05) is 0 Å². The maximum atomic E-state index is 10.3. The normalized spacial score (nSPS) is 10.5. The van der Waals surface area contributed by atoms with Crippen molar-refractivity contribution in [3.63, 3.8) is 0 Å². The van der Waals surface area contributed by atoms with E-state index in [-0.39, 0.29) is 0 Å². The third-order valence-corrected chi connectivity index (χ3v) is 1.71. The molecule has 0 aliphatic carbocycles. The van der Waals surface area contributed by atoms with Gasteiger partial charge in [0.25, 0.3) is 10.1 Å². The molecular formula is C10H13NO3S. The van der Waals surface area contributed by atoms with Gasteiger partial charge in [0.15, 0.2) is 0 Å². The monoisotopic (exact) mass is 227 g/mol. The molecule has 5 heteroatoms. The number of benzene rings is 1. The van der Waals surface area contributed by atoms with Gasteiger partial charge in [0.05, 0.1) is 5.41 Å². The summed E-state index contributed by atoms with van der Waals surface area (Å²) < 4.78 is 28.9. The highest BCUT2D eigenvalue weighted by Gasteiger charge is 1.94. The molecule has 0 spiro atoms. The summed E-state index contributed by atoms with van der Waals surface area (Å²) in [4.78, 5) is 0. The van der Waals surface area contributed by atoms with Crippen LogP contribution >= 0.6 is 0 Å². The van der Waals surface area contributed by atoms with Crippen LogP contribution in [0.2, 0.25) is 0 Å². The highest BCUT2D eigenvalue weighted by Crippen LogP contribution is 2.01. The molecule has 0 atom stereocenters. The molecule has 1 aromatic rings. The van der Waals surface area contributed by atoms with Gasteiger partial charge in [-0.15, -0.1) is 0 Å². The lowest BCUT2D eigenvalue weighted by Gasteiger charge is -1.89. The first-order chi connectivity index (χ1) is 6.99. The maximum Gasteiger partial charge on any atom is 0.287 e. The molecule has 15 heavy (non-hydrogen) atoms. The van der Waals surface area contributed by atoms with E-state index in [1.54, 1.807) is 24.3 Å². The fourth-order valence-corrected chi connectivity index (χ4v) is 1.06. The lowest BCUT2D eigenvalue weighted by molar-refractivity contribution is 0.494. The Balaban J connectivity index is 0.000000583. The van der Waals surface area contributed by atoms with Crippen LogP contribution in [0.4, 0.5) is 0 Å². The van der Waals surface area contributed by atoms with E-state index >= 15 is 0 Å². The van der Waals surface area contributed by atoms with Crippen LogP contribution in [-0.2, 0) is 10.1 Å². The smallest absolute Gasteiger partial charge is 0.287 e. The summed E-state index contributed by atoms with van der Waals surface area (Å²) in [6, 6.07) is 8.86. The molecule has 0 saturated heterocycles. The van der Waals surface area contributed by atoms with Crippen molar-refractivity contribution in [1.29, 1.82) is 0 Å². The summed E-state index contributed by atoms with van der Waals surface area (Å²) in [7, 11) is -4.00. The zero-order valence-electron chi connectivity index (χ0n) is 8.08. The van der Waals surface area contributed by atoms with E-state index < -0.39 is 10.1 Å². The standard InChI is InChI=1S/C8H8O3S.C2H5N/c9-12(10,11)7-6-8-4-2-1-3-5-8;1-2-3/h1-7H,(H,9,10,11);2H,1,3H2. The number of rotatable bonds is 2. The van der Waals surface area contributed by atoms with Crippen molar-refractivity contribution in [3.05, 3.63) is 54.1 Å². The molecule has 82 valence electrons. The van der Waals surface area contributed by atoms with E-state index in [1.807, 2.05) is 6.07 Å². The number of nitrogens with two attached hydrogens (primary N) is 1. The molecule has 0 unspecified atom stereocenters. The van der Waals surface area contributed by atoms with E-state index in [2.05, 4.69) is 12.3 Å². The van der Waals surface area contributed by atoms with E-state index in [4.69, 9.17) is 4.55 Å². The molecule has 0 aromatic heterocycles. The average molecular weight is 227 g/mol. The Morgan fingerprint density at radius 1 is 1.27 bits per heavy atom. The Labute approximate surface area is 89.5 Å². The third kappa shape index (κ3) is 8.73. The lowest BCUT2D eigenvalue weighted by Crippen LogP contribution is -1.88. The van der Waals surface area contributed by atoms with Crippen LogP contribution < -0.4 is 5.73 Å². The predicted octanol–water partition coefficient (Wildman–Crippen LogP) is 1.63. The van der Waals surface area contributed by atoms with Gasteiger partial charge in [0, 0.05) is 0 Å². The van der Waals surface area contributed by atoms with Gasteiger partial charge < -0.3 is 5.73 Å². The Hall–Kier alpha value is -1.59. The Morgan fingerprint density at radius 2 is 1.73 bits per heavy atom. The second kappa shape index (κ2) is 6.80. The van der Waals surface area contributed by atoms with Crippen LogP contribution in [0, 0.1) is 0 Å². The van der Waals surface area contributed by atoms with E-state index in [1.165, 1.54) is 12.3 Å². The van der Waals surface area contributed by atoms with Crippen molar-refractivity contribution < 1.29 is 13.0 Å². The van der Waals surface area contributed by atoms with Crippen molar-refractivity contribution in [2.24, 2.45) is 5.73 Å². The summed E-state index contributed by atoms with van der Waals surface area (Å²) in [6.45, 7) is 3.14. The second-order valence-corrected chi connectivity index (χ2v) is 3.77. The van der Waals surface area contributed by atoms with Crippen LogP contribution in [0.25, 0.3) is 6.08 Å². The first-order valence-electron chi connectivity index (χ1n) is 4.03. The SMILES string of the molecule is C=CN.O=S(=O)(O)C=Cc1ccccc1. The van der Waals surface area contributed by atoms with E-state index in [0.29, 0.717) is 0 Å². The molecule has 3 N–H and O–H groups in total. The summed E-state index contributed by atoms with van der Waals surface area (Å²) >= 11 is 0. The minimum absolute atomic E-state index is 0.732. The minimum atomic E-state index is -4.00. The fourth-order valence-electron chi connectivity index (χ4n) is 0.729. The molecule has 0 heterocycles. The van der Waals surface area contributed by atoms with Crippen LogP contribution in [-0.4, -0.2) is 13.0 Å². The molecule has 0 amide bonds. The molecule has 0 aliphatic rings. The highest BCUT2D eigenvalue weighted by molar-refractivity contribution is 7.88. The predicted molar refractivity (Wildman–Crippen MR) is 61.4 cm³/mol. The topological polar surface area (TPSA) is 80.4 Å². The largest absolute Gasteiger partial charge is 0.405 e. The number of hydrogen-bond acceptors (Lipinski definition) is 3. The zero-order chi connectivity index (χ0) is 11.7. The van der Waals surface area contributed by atoms with Gasteiger partial charge >= 0.3 is 0 Å². The van der Waals surface area contributed by atoms with Gasteiger partial charge in [-0.3, -0.25) is 4.55 Å². The summed E-state index contributed by atoms with van der Waals surface area (Å²) in [5.41, 5.74) is 5.34.